The van der Waals surface area contributed by atoms with Crippen LogP contribution in [0.15, 0.2) is 29.4 Å². The minimum atomic E-state index is -3.87. The summed E-state index contributed by atoms with van der Waals surface area (Å²) in [4.78, 5) is 4.05. The van der Waals surface area contributed by atoms with Crippen LogP contribution < -0.4 is 4.72 Å². The Labute approximate surface area is 154 Å². The number of aromatic nitrogens is 5. The van der Waals surface area contributed by atoms with Crippen LogP contribution in [-0.2, 0) is 23.6 Å². The van der Waals surface area contributed by atoms with E-state index in [-0.39, 0.29) is 22.4 Å². The van der Waals surface area contributed by atoms with Gasteiger partial charge in [0.05, 0.1) is 17.9 Å². The number of hydrogen-bond donors (Lipinski definition) is 1. The highest BCUT2D eigenvalue weighted by molar-refractivity contribution is 7.92. The van der Waals surface area contributed by atoms with Crippen molar-refractivity contribution in [3.8, 4) is 0 Å². The van der Waals surface area contributed by atoms with Gasteiger partial charge in [-0.3, -0.25) is 4.68 Å². The summed E-state index contributed by atoms with van der Waals surface area (Å²) in [5.74, 6) is -0.515. The highest BCUT2D eigenvalue weighted by Gasteiger charge is 2.25. The summed E-state index contributed by atoms with van der Waals surface area (Å²) in [6.45, 7) is 3.50. The van der Waals surface area contributed by atoms with Gasteiger partial charge in [0.25, 0.3) is 16.0 Å². The first kappa shape index (κ1) is 18.3. The zero-order valence-electron chi connectivity index (χ0n) is 14.2. The molecule has 1 aromatic carbocycles. The highest BCUT2D eigenvalue weighted by atomic mass is 35.5. The standard InChI is InChI=1S/C15H16ClFN6O2S/c1-9-14(10(2)22(3)19-9)26(24,25)21-15-18-8-23(20-15)7-11-4-5-12(17)6-13(11)16/h4-6,8H,7H2,1-3H3,(H,20,21). The minimum Gasteiger partial charge on any atom is -0.271 e. The lowest BCUT2D eigenvalue weighted by Crippen LogP contribution is -2.16. The van der Waals surface area contributed by atoms with Crippen LogP contribution in [0.3, 0.4) is 0 Å². The average Bonchev–Trinajstić information content (AvgIpc) is 3.06. The fourth-order valence-corrected chi connectivity index (χ4v) is 4.17. The molecule has 2 heterocycles. The Morgan fingerprint density at radius 1 is 1.27 bits per heavy atom. The van der Waals surface area contributed by atoms with Crippen molar-refractivity contribution in [1.82, 2.24) is 24.5 Å². The summed E-state index contributed by atoms with van der Waals surface area (Å²) in [7, 11) is -2.21. The third kappa shape index (κ3) is 3.56. The van der Waals surface area contributed by atoms with Gasteiger partial charge in [0.1, 0.15) is 17.0 Å². The molecule has 26 heavy (non-hydrogen) atoms. The van der Waals surface area contributed by atoms with Gasteiger partial charge < -0.3 is 0 Å². The van der Waals surface area contributed by atoms with Crippen LogP contribution in [0.1, 0.15) is 17.0 Å². The van der Waals surface area contributed by atoms with Gasteiger partial charge in [-0.1, -0.05) is 17.7 Å². The third-order valence-corrected chi connectivity index (χ3v) is 5.75. The van der Waals surface area contributed by atoms with Crippen LogP contribution in [0.2, 0.25) is 5.02 Å². The second-order valence-electron chi connectivity index (χ2n) is 5.73. The number of halogens is 2. The molecular formula is C15H16ClFN6O2S. The van der Waals surface area contributed by atoms with Gasteiger partial charge >= 0.3 is 0 Å². The predicted octanol–water partition coefficient (Wildman–Crippen LogP) is 2.27. The molecule has 0 bridgehead atoms. The number of nitrogens with zero attached hydrogens (tertiary/aromatic N) is 5. The van der Waals surface area contributed by atoms with Gasteiger partial charge in [-0.25, -0.2) is 22.2 Å². The fourth-order valence-electron chi connectivity index (χ4n) is 2.56. The number of anilines is 1. The van der Waals surface area contributed by atoms with E-state index in [2.05, 4.69) is 19.9 Å². The maximum absolute atomic E-state index is 13.1. The molecule has 0 fully saturated rings. The molecule has 3 rings (SSSR count). The lowest BCUT2D eigenvalue weighted by molar-refractivity contribution is 0.599. The van der Waals surface area contributed by atoms with Gasteiger partial charge in [0, 0.05) is 12.1 Å². The van der Waals surface area contributed by atoms with Gasteiger partial charge in [-0.05, 0) is 31.5 Å². The van der Waals surface area contributed by atoms with E-state index in [4.69, 9.17) is 11.6 Å². The topological polar surface area (TPSA) is 94.7 Å². The van der Waals surface area contributed by atoms with Crippen molar-refractivity contribution in [1.29, 1.82) is 0 Å². The van der Waals surface area contributed by atoms with Crippen LogP contribution in [0.25, 0.3) is 0 Å². The first-order chi connectivity index (χ1) is 12.2. The second kappa shape index (κ2) is 6.69. The molecule has 138 valence electrons. The maximum atomic E-state index is 13.1. The first-order valence-electron chi connectivity index (χ1n) is 7.54. The predicted molar refractivity (Wildman–Crippen MR) is 94.0 cm³/mol. The summed E-state index contributed by atoms with van der Waals surface area (Å²) in [5.41, 5.74) is 1.52. The molecule has 0 atom stereocenters. The van der Waals surface area contributed by atoms with Gasteiger partial charge in [-0.2, -0.15) is 10.1 Å². The van der Waals surface area contributed by atoms with Gasteiger partial charge in [0.15, 0.2) is 0 Å². The molecular weight excluding hydrogens is 383 g/mol. The SMILES string of the molecule is Cc1nn(C)c(C)c1S(=O)(=O)Nc1ncn(Cc2ccc(F)cc2Cl)n1. The molecule has 11 heteroatoms. The summed E-state index contributed by atoms with van der Waals surface area (Å²) >= 11 is 5.99. The molecule has 0 aliphatic carbocycles. The van der Waals surface area contributed by atoms with E-state index in [1.165, 1.54) is 33.9 Å². The lowest BCUT2D eigenvalue weighted by Gasteiger charge is -2.05. The van der Waals surface area contributed by atoms with Crippen LogP contribution in [0.5, 0.6) is 0 Å². The number of sulfonamides is 1. The molecule has 8 nitrogen and oxygen atoms in total. The Kier molecular flexibility index (Phi) is 4.72. The monoisotopic (exact) mass is 398 g/mol. The number of aryl methyl sites for hydroxylation is 2. The second-order valence-corrected chi connectivity index (χ2v) is 7.76. The Bertz CT molecular complexity index is 1080. The van der Waals surface area contributed by atoms with Crippen LogP contribution in [0.4, 0.5) is 10.3 Å². The average molecular weight is 399 g/mol. The molecule has 1 N–H and O–H groups in total. The van der Waals surface area contributed by atoms with E-state index in [0.717, 1.165) is 0 Å². The summed E-state index contributed by atoms with van der Waals surface area (Å²) in [5, 5.41) is 8.44. The molecule has 0 aliphatic rings. The number of nitrogens with one attached hydrogen (secondary N) is 1. The fraction of sp³-hybridized carbons (Fsp3) is 0.267. The summed E-state index contributed by atoms with van der Waals surface area (Å²) in [6, 6.07) is 4.02. The van der Waals surface area contributed by atoms with Crippen LogP contribution in [0, 0.1) is 19.7 Å². The van der Waals surface area contributed by atoms with Crippen molar-refractivity contribution in [2.45, 2.75) is 25.3 Å². The molecule has 3 aromatic rings. The van der Waals surface area contributed by atoms with E-state index < -0.39 is 15.8 Å². The summed E-state index contributed by atoms with van der Waals surface area (Å²) < 4.78 is 43.5. The Morgan fingerprint density at radius 2 is 2.00 bits per heavy atom. The van der Waals surface area contributed by atoms with Crippen LogP contribution in [-0.4, -0.2) is 33.0 Å². The molecule has 0 aliphatic heterocycles. The quantitative estimate of drug-likeness (QED) is 0.711. The van der Waals surface area contributed by atoms with Gasteiger partial charge in [0.2, 0.25) is 0 Å². The van der Waals surface area contributed by atoms with Crippen molar-refractivity contribution in [2.24, 2.45) is 7.05 Å². The molecule has 0 radical (unpaired) electrons. The van der Waals surface area contributed by atoms with E-state index in [0.29, 0.717) is 17.0 Å². The molecule has 2 aromatic heterocycles. The maximum Gasteiger partial charge on any atom is 0.267 e. The van der Waals surface area contributed by atoms with Crippen molar-refractivity contribution < 1.29 is 12.8 Å². The van der Waals surface area contributed by atoms with E-state index in [9.17, 15) is 12.8 Å². The van der Waals surface area contributed by atoms with Crippen LogP contribution >= 0.6 is 11.6 Å². The zero-order valence-corrected chi connectivity index (χ0v) is 15.8. The number of rotatable bonds is 5. The molecule has 0 saturated carbocycles. The zero-order chi connectivity index (χ0) is 19.1. The first-order valence-corrected chi connectivity index (χ1v) is 9.40. The van der Waals surface area contributed by atoms with Crippen molar-refractivity contribution in [3.63, 3.8) is 0 Å². The Hall–Kier alpha value is -2.46. The smallest absolute Gasteiger partial charge is 0.267 e. The van der Waals surface area contributed by atoms with Crippen molar-refractivity contribution in [3.05, 3.63) is 52.3 Å². The largest absolute Gasteiger partial charge is 0.271 e. The van der Waals surface area contributed by atoms with Crippen molar-refractivity contribution >= 4 is 27.6 Å². The van der Waals surface area contributed by atoms with E-state index in [1.54, 1.807) is 20.9 Å². The van der Waals surface area contributed by atoms with E-state index >= 15 is 0 Å². The van der Waals surface area contributed by atoms with E-state index in [1.807, 2.05) is 0 Å². The molecule has 0 amide bonds. The Morgan fingerprint density at radius 3 is 2.62 bits per heavy atom. The van der Waals surface area contributed by atoms with Crippen molar-refractivity contribution in [2.75, 3.05) is 4.72 Å². The number of hydrogen-bond acceptors (Lipinski definition) is 5. The molecule has 0 saturated heterocycles. The summed E-state index contributed by atoms with van der Waals surface area (Å²) in [6.07, 6.45) is 1.36. The molecule has 0 spiro atoms. The lowest BCUT2D eigenvalue weighted by atomic mass is 10.2. The van der Waals surface area contributed by atoms with Gasteiger partial charge in [-0.15, -0.1) is 5.10 Å². The molecule has 0 unspecified atom stereocenters. The third-order valence-electron chi connectivity index (χ3n) is 3.82. The minimum absolute atomic E-state index is 0.0779. The highest BCUT2D eigenvalue weighted by Crippen LogP contribution is 2.21. The normalized spacial score (nSPS) is 11.7. The Balaban J connectivity index is 1.82. The number of benzene rings is 1.